The average Bonchev–Trinajstić information content (AvgIpc) is 3.31. The number of hydrogen-bond donors (Lipinski definition) is 3. The molecule has 0 aliphatic carbocycles. The average molecular weight is 917 g/mol. The van der Waals surface area contributed by atoms with E-state index < -0.39 is 12.1 Å². The maximum atomic E-state index is 12.5. The zero-order chi connectivity index (χ0) is 47.2. The number of unbranched alkanes of at least 4 members (excludes halogenated alkanes) is 40. The van der Waals surface area contributed by atoms with Crippen molar-refractivity contribution in [2.75, 3.05) is 13.2 Å². The van der Waals surface area contributed by atoms with E-state index in [-0.39, 0.29) is 18.5 Å². The van der Waals surface area contributed by atoms with Crippen molar-refractivity contribution in [1.82, 2.24) is 5.32 Å². The van der Waals surface area contributed by atoms with Crippen molar-refractivity contribution in [1.29, 1.82) is 0 Å². The number of aliphatic hydroxyl groups excluding tert-OH is 2. The SMILES string of the molecule is CCCCCCCCCCCCCCCCCCCCCCCCC(O)C(CO)NC(=O)CCCCCCCC/C=C\C=C/CCCCCOC(=O)CCCCCCCCCCCCC. The molecule has 65 heavy (non-hydrogen) atoms. The van der Waals surface area contributed by atoms with Gasteiger partial charge in [-0.3, -0.25) is 9.59 Å². The summed E-state index contributed by atoms with van der Waals surface area (Å²) in [6, 6.07) is -0.558. The fourth-order valence-corrected chi connectivity index (χ4v) is 9.04. The molecule has 0 aromatic rings. The third kappa shape index (κ3) is 51.6. The maximum Gasteiger partial charge on any atom is 0.305 e. The van der Waals surface area contributed by atoms with Crippen LogP contribution in [0.5, 0.6) is 0 Å². The van der Waals surface area contributed by atoms with Crippen molar-refractivity contribution < 1.29 is 24.5 Å². The zero-order valence-electron chi connectivity index (χ0n) is 43.7. The van der Waals surface area contributed by atoms with Crippen LogP contribution in [0.2, 0.25) is 0 Å². The molecular weight excluding hydrogens is 803 g/mol. The van der Waals surface area contributed by atoms with Crippen molar-refractivity contribution in [2.24, 2.45) is 0 Å². The Hall–Kier alpha value is -1.66. The first-order chi connectivity index (χ1) is 32.0. The fourth-order valence-electron chi connectivity index (χ4n) is 9.04. The Morgan fingerprint density at radius 1 is 0.431 bits per heavy atom. The van der Waals surface area contributed by atoms with Gasteiger partial charge in [-0.2, -0.15) is 0 Å². The highest BCUT2D eigenvalue weighted by molar-refractivity contribution is 5.76. The first-order valence-corrected chi connectivity index (χ1v) is 29.1. The Morgan fingerprint density at radius 2 is 0.754 bits per heavy atom. The number of carbonyl (C=O) groups excluding carboxylic acids is 2. The zero-order valence-corrected chi connectivity index (χ0v) is 43.7. The number of nitrogens with one attached hydrogen (secondary N) is 1. The molecule has 0 heterocycles. The first-order valence-electron chi connectivity index (χ1n) is 29.1. The van der Waals surface area contributed by atoms with E-state index in [2.05, 4.69) is 43.5 Å². The van der Waals surface area contributed by atoms with Gasteiger partial charge in [0.05, 0.1) is 25.4 Å². The van der Waals surface area contributed by atoms with Crippen LogP contribution in [0.3, 0.4) is 0 Å². The largest absolute Gasteiger partial charge is 0.466 e. The highest BCUT2D eigenvalue weighted by Gasteiger charge is 2.20. The van der Waals surface area contributed by atoms with E-state index >= 15 is 0 Å². The Kier molecular flexibility index (Phi) is 53.5. The topological polar surface area (TPSA) is 95.9 Å². The molecule has 0 fully saturated rings. The molecule has 0 saturated heterocycles. The van der Waals surface area contributed by atoms with Crippen LogP contribution in [0.4, 0.5) is 0 Å². The molecule has 0 aliphatic rings. The summed E-state index contributed by atoms with van der Waals surface area (Å²) < 4.78 is 5.43. The standard InChI is InChI=1S/C59H113NO5/c1-3-5-7-9-11-13-15-16-17-18-19-20-21-22-23-25-28-32-35-39-43-47-51-57(62)56(55-61)60-58(63)52-48-44-40-36-33-29-26-24-27-30-34-38-42-46-50-54-65-59(64)53-49-45-41-37-31-14-12-10-8-6-4-2/h24,27,30,34,56-57,61-62H,3-23,25-26,28-29,31-33,35-55H2,1-2H3,(H,60,63)/b27-24-,34-30-. The van der Waals surface area contributed by atoms with Crippen LogP contribution < -0.4 is 5.32 Å². The number of amides is 1. The van der Waals surface area contributed by atoms with Crippen LogP contribution in [-0.4, -0.2) is 47.4 Å². The van der Waals surface area contributed by atoms with Crippen molar-refractivity contribution >= 4 is 11.9 Å². The molecule has 3 N–H and O–H groups in total. The first kappa shape index (κ1) is 63.3. The Morgan fingerprint density at radius 3 is 1.14 bits per heavy atom. The summed E-state index contributed by atoms with van der Waals surface area (Å²) in [5.41, 5.74) is 0. The van der Waals surface area contributed by atoms with Crippen LogP contribution in [0.1, 0.15) is 316 Å². The summed E-state index contributed by atoms with van der Waals surface area (Å²) in [6.45, 7) is 4.91. The summed E-state index contributed by atoms with van der Waals surface area (Å²) >= 11 is 0. The van der Waals surface area contributed by atoms with E-state index in [1.807, 2.05) is 0 Å². The summed E-state index contributed by atoms with van der Waals surface area (Å²) in [7, 11) is 0. The minimum atomic E-state index is -0.679. The molecule has 6 heteroatoms. The molecule has 6 nitrogen and oxygen atoms in total. The number of hydrogen-bond acceptors (Lipinski definition) is 5. The summed E-state index contributed by atoms with van der Waals surface area (Å²) in [5.74, 6) is -0.0760. The molecule has 0 aromatic heterocycles. The van der Waals surface area contributed by atoms with Gasteiger partial charge in [0, 0.05) is 12.8 Å². The molecule has 0 spiro atoms. The van der Waals surface area contributed by atoms with E-state index in [0.717, 1.165) is 77.0 Å². The number of allylic oxidation sites excluding steroid dienone is 4. The van der Waals surface area contributed by atoms with Gasteiger partial charge < -0.3 is 20.3 Å². The lowest BCUT2D eigenvalue weighted by Gasteiger charge is -2.22. The summed E-state index contributed by atoms with van der Waals surface area (Å²) in [4.78, 5) is 24.5. The Balaban J connectivity index is 3.51. The second kappa shape index (κ2) is 54.9. The predicted octanol–water partition coefficient (Wildman–Crippen LogP) is 17.9. The van der Waals surface area contributed by atoms with Gasteiger partial charge in [0.2, 0.25) is 5.91 Å². The van der Waals surface area contributed by atoms with Gasteiger partial charge in [-0.25, -0.2) is 0 Å². The molecule has 0 aliphatic heterocycles. The maximum absolute atomic E-state index is 12.5. The molecule has 2 atom stereocenters. The fraction of sp³-hybridized carbons (Fsp3) is 0.898. The lowest BCUT2D eigenvalue weighted by molar-refractivity contribution is -0.143. The quantitative estimate of drug-likeness (QED) is 0.0321. The third-order valence-electron chi connectivity index (χ3n) is 13.5. The van der Waals surface area contributed by atoms with Crippen LogP contribution in [0.25, 0.3) is 0 Å². The minimum absolute atomic E-state index is 0.0214. The Bertz CT molecular complexity index is 1010. The highest BCUT2D eigenvalue weighted by Crippen LogP contribution is 2.17. The molecule has 0 saturated carbocycles. The van der Waals surface area contributed by atoms with Crippen LogP contribution in [0.15, 0.2) is 24.3 Å². The van der Waals surface area contributed by atoms with Gasteiger partial charge in [-0.1, -0.05) is 269 Å². The van der Waals surface area contributed by atoms with E-state index in [0.29, 0.717) is 25.9 Å². The summed E-state index contributed by atoms with van der Waals surface area (Å²) in [6.07, 6.45) is 66.0. The van der Waals surface area contributed by atoms with Crippen molar-refractivity contribution in [3.63, 3.8) is 0 Å². The van der Waals surface area contributed by atoms with E-state index in [1.165, 1.54) is 205 Å². The minimum Gasteiger partial charge on any atom is -0.466 e. The number of carbonyl (C=O) groups is 2. The highest BCUT2D eigenvalue weighted by atomic mass is 16.5. The van der Waals surface area contributed by atoms with Gasteiger partial charge in [0.1, 0.15) is 0 Å². The molecule has 0 radical (unpaired) electrons. The van der Waals surface area contributed by atoms with Crippen molar-refractivity contribution in [2.45, 2.75) is 328 Å². The van der Waals surface area contributed by atoms with Gasteiger partial charge in [-0.05, 0) is 57.8 Å². The third-order valence-corrected chi connectivity index (χ3v) is 13.5. The molecule has 0 aromatic carbocycles. The molecule has 1 amide bonds. The lowest BCUT2D eigenvalue weighted by Crippen LogP contribution is -2.45. The van der Waals surface area contributed by atoms with Gasteiger partial charge in [-0.15, -0.1) is 0 Å². The van der Waals surface area contributed by atoms with Crippen LogP contribution in [-0.2, 0) is 14.3 Å². The Labute approximate surface area is 405 Å². The molecule has 384 valence electrons. The predicted molar refractivity (Wildman–Crippen MR) is 283 cm³/mol. The smallest absolute Gasteiger partial charge is 0.305 e. The van der Waals surface area contributed by atoms with Gasteiger partial charge in [0.15, 0.2) is 0 Å². The van der Waals surface area contributed by atoms with E-state index in [4.69, 9.17) is 4.74 Å². The van der Waals surface area contributed by atoms with Crippen LogP contribution in [0, 0.1) is 0 Å². The van der Waals surface area contributed by atoms with Gasteiger partial charge >= 0.3 is 5.97 Å². The number of ether oxygens (including phenoxy) is 1. The van der Waals surface area contributed by atoms with Crippen molar-refractivity contribution in [3.8, 4) is 0 Å². The number of esters is 1. The normalized spacial score (nSPS) is 12.7. The second-order valence-corrected chi connectivity index (χ2v) is 20.0. The number of rotatable bonds is 54. The van der Waals surface area contributed by atoms with Gasteiger partial charge in [0.25, 0.3) is 0 Å². The molecule has 0 bridgehead atoms. The molecule has 2 unspecified atom stereocenters. The monoisotopic (exact) mass is 916 g/mol. The van der Waals surface area contributed by atoms with E-state index in [9.17, 15) is 19.8 Å². The summed E-state index contributed by atoms with van der Waals surface area (Å²) in [5, 5.41) is 23.3. The van der Waals surface area contributed by atoms with Crippen LogP contribution >= 0.6 is 0 Å². The number of aliphatic hydroxyl groups is 2. The lowest BCUT2D eigenvalue weighted by atomic mass is 10.0. The molecule has 0 rings (SSSR count). The molecular formula is C59H113NO5. The van der Waals surface area contributed by atoms with Crippen molar-refractivity contribution in [3.05, 3.63) is 24.3 Å². The second-order valence-electron chi connectivity index (χ2n) is 20.0. The van der Waals surface area contributed by atoms with E-state index in [1.54, 1.807) is 0 Å².